The molecule has 230 valence electrons. The minimum Gasteiger partial charge on any atom is -0.311 e. The lowest BCUT2D eigenvalue weighted by atomic mass is 9.82. The standard InChI is InChI=1S/C46H41N/c1-46(2)44-11-7-6-10-41(44)43-30-36(20-27-45(43)46)34-16-23-39(24-17-34)47(38-21-14-33(15-22-38)32-8-4-3-5-9-32)40-25-18-35(19-26-40)42-29-31-12-13-37(42)28-31/h3-11,14-27,30-31,37,42H,12-13,28-29H2,1-2H3. The van der Waals surface area contributed by atoms with E-state index in [0.717, 1.165) is 17.8 Å². The number of anilines is 3. The summed E-state index contributed by atoms with van der Waals surface area (Å²) < 4.78 is 0. The van der Waals surface area contributed by atoms with Crippen molar-refractivity contribution in [2.75, 3.05) is 4.90 Å². The SMILES string of the molecule is CC1(C)c2ccccc2-c2cc(-c3ccc(N(c4ccc(-c5ccccc5)cc4)c4ccc(C5CC6CCC5C6)cc4)cc3)ccc21. The molecule has 2 fully saturated rings. The molecule has 6 aromatic rings. The van der Waals surface area contributed by atoms with E-state index in [1.165, 1.54) is 92.8 Å². The molecule has 3 aliphatic carbocycles. The maximum atomic E-state index is 2.41. The van der Waals surface area contributed by atoms with Crippen LogP contribution in [-0.2, 0) is 5.41 Å². The maximum Gasteiger partial charge on any atom is 0.0462 e. The highest BCUT2D eigenvalue weighted by Crippen LogP contribution is 2.53. The minimum absolute atomic E-state index is 0.0256. The van der Waals surface area contributed by atoms with Gasteiger partial charge in [-0.15, -0.1) is 0 Å². The molecule has 0 spiro atoms. The second kappa shape index (κ2) is 11.1. The van der Waals surface area contributed by atoms with Gasteiger partial charge in [0.1, 0.15) is 0 Å². The molecule has 0 aromatic heterocycles. The van der Waals surface area contributed by atoms with Gasteiger partial charge in [0.15, 0.2) is 0 Å². The van der Waals surface area contributed by atoms with E-state index in [-0.39, 0.29) is 5.41 Å². The van der Waals surface area contributed by atoms with Crippen molar-refractivity contribution in [3.8, 4) is 33.4 Å². The van der Waals surface area contributed by atoms with Gasteiger partial charge >= 0.3 is 0 Å². The van der Waals surface area contributed by atoms with Crippen LogP contribution in [0.1, 0.15) is 62.1 Å². The Bertz CT molecular complexity index is 2050. The van der Waals surface area contributed by atoms with E-state index in [1.54, 1.807) is 0 Å². The molecule has 2 bridgehead atoms. The van der Waals surface area contributed by atoms with Gasteiger partial charge in [-0.2, -0.15) is 0 Å². The van der Waals surface area contributed by atoms with Crippen molar-refractivity contribution < 1.29 is 0 Å². The molecule has 0 aliphatic heterocycles. The van der Waals surface area contributed by atoms with Crippen LogP contribution in [0, 0.1) is 11.8 Å². The van der Waals surface area contributed by atoms with Crippen molar-refractivity contribution in [2.45, 2.75) is 50.9 Å². The minimum atomic E-state index is 0.0256. The fraction of sp³-hybridized carbons (Fsp3) is 0.217. The molecule has 0 saturated heterocycles. The first kappa shape index (κ1) is 28.4. The number of hydrogen-bond donors (Lipinski definition) is 0. The largest absolute Gasteiger partial charge is 0.311 e. The van der Waals surface area contributed by atoms with Crippen molar-refractivity contribution in [3.05, 3.63) is 162 Å². The van der Waals surface area contributed by atoms with Gasteiger partial charge in [-0.25, -0.2) is 0 Å². The van der Waals surface area contributed by atoms with Crippen molar-refractivity contribution in [1.29, 1.82) is 0 Å². The summed E-state index contributed by atoms with van der Waals surface area (Å²) in [4.78, 5) is 2.41. The molecule has 3 unspecified atom stereocenters. The molecule has 0 N–H and O–H groups in total. The zero-order chi connectivity index (χ0) is 31.5. The fourth-order valence-corrected chi connectivity index (χ4v) is 9.11. The number of rotatable bonds is 6. The van der Waals surface area contributed by atoms with Gasteiger partial charge in [0.25, 0.3) is 0 Å². The van der Waals surface area contributed by atoms with Crippen LogP contribution >= 0.6 is 0 Å². The Kier molecular flexibility index (Phi) is 6.71. The first-order chi connectivity index (χ1) is 23.0. The van der Waals surface area contributed by atoms with Gasteiger partial charge in [0.05, 0.1) is 0 Å². The Morgan fingerprint density at radius 3 is 1.68 bits per heavy atom. The molecule has 9 rings (SSSR count). The topological polar surface area (TPSA) is 3.24 Å². The Hall–Kier alpha value is -4.88. The Balaban J connectivity index is 1.07. The molecule has 3 atom stereocenters. The van der Waals surface area contributed by atoms with E-state index >= 15 is 0 Å². The number of benzene rings is 6. The lowest BCUT2D eigenvalue weighted by molar-refractivity contribution is 0.420. The zero-order valence-corrected chi connectivity index (χ0v) is 27.4. The van der Waals surface area contributed by atoms with Crippen LogP contribution < -0.4 is 4.90 Å². The summed E-state index contributed by atoms with van der Waals surface area (Å²) in [5.74, 6) is 2.58. The van der Waals surface area contributed by atoms with Crippen molar-refractivity contribution in [1.82, 2.24) is 0 Å². The van der Waals surface area contributed by atoms with E-state index in [1.807, 2.05) is 0 Å². The average molecular weight is 608 g/mol. The van der Waals surface area contributed by atoms with Gasteiger partial charge in [0, 0.05) is 22.5 Å². The normalized spacial score (nSPS) is 20.2. The predicted octanol–water partition coefficient (Wildman–Crippen LogP) is 12.7. The maximum absolute atomic E-state index is 2.41. The van der Waals surface area contributed by atoms with Gasteiger partial charge in [0.2, 0.25) is 0 Å². The second-order valence-corrected chi connectivity index (χ2v) is 14.6. The number of hydrogen-bond acceptors (Lipinski definition) is 1. The first-order valence-electron chi connectivity index (χ1n) is 17.4. The summed E-state index contributed by atoms with van der Waals surface area (Å²) in [5.41, 5.74) is 15.6. The summed E-state index contributed by atoms with van der Waals surface area (Å²) in [7, 11) is 0. The third kappa shape index (κ3) is 4.83. The van der Waals surface area contributed by atoms with Crippen LogP contribution in [-0.4, -0.2) is 0 Å². The highest BCUT2D eigenvalue weighted by Gasteiger charge is 2.40. The van der Waals surface area contributed by atoms with E-state index in [9.17, 15) is 0 Å². The van der Waals surface area contributed by atoms with Crippen LogP contribution in [0.15, 0.2) is 146 Å². The Morgan fingerprint density at radius 2 is 1.04 bits per heavy atom. The quantitative estimate of drug-likeness (QED) is 0.182. The summed E-state index contributed by atoms with van der Waals surface area (Å²) in [5, 5.41) is 0. The molecule has 1 nitrogen and oxygen atoms in total. The third-order valence-electron chi connectivity index (χ3n) is 11.6. The van der Waals surface area contributed by atoms with E-state index in [4.69, 9.17) is 0 Å². The molecular weight excluding hydrogens is 567 g/mol. The summed E-state index contributed by atoms with van der Waals surface area (Å²) in [6.07, 6.45) is 5.67. The van der Waals surface area contributed by atoms with Crippen molar-refractivity contribution in [3.63, 3.8) is 0 Å². The van der Waals surface area contributed by atoms with Crippen LogP contribution in [0.5, 0.6) is 0 Å². The lowest BCUT2D eigenvalue weighted by Gasteiger charge is -2.27. The van der Waals surface area contributed by atoms with Crippen LogP contribution in [0.3, 0.4) is 0 Å². The monoisotopic (exact) mass is 607 g/mol. The molecule has 0 heterocycles. The molecule has 2 saturated carbocycles. The van der Waals surface area contributed by atoms with E-state index in [2.05, 4.69) is 164 Å². The van der Waals surface area contributed by atoms with E-state index < -0.39 is 0 Å². The van der Waals surface area contributed by atoms with Crippen LogP contribution in [0.2, 0.25) is 0 Å². The first-order valence-corrected chi connectivity index (χ1v) is 17.4. The lowest BCUT2D eigenvalue weighted by Crippen LogP contribution is -2.14. The number of fused-ring (bicyclic) bond motifs is 5. The Labute approximate surface area is 279 Å². The zero-order valence-electron chi connectivity index (χ0n) is 27.4. The molecule has 47 heavy (non-hydrogen) atoms. The van der Waals surface area contributed by atoms with Crippen molar-refractivity contribution in [2.24, 2.45) is 11.8 Å². The van der Waals surface area contributed by atoms with Crippen LogP contribution in [0.25, 0.3) is 33.4 Å². The Morgan fingerprint density at radius 1 is 0.489 bits per heavy atom. The fourth-order valence-electron chi connectivity index (χ4n) is 9.11. The molecule has 6 aromatic carbocycles. The predicted molar refractivity (Wildman–Crippen MR) is 198 cm³/mol. The van der Waals surface area contributed by atoms with Gasteiger partial charge in [-0.05, 0) is 130 Å². The highest BCUT2D eigenvalue weighted by molar-refractivity contribution is 5.85. The van der Waals surface area contributed by atoms with Gasteiger partial charge in [-0.3, -0.25) is 0 Å². The second-order valence-electron chi connectivity index (χ2n) is 14.6. The smallest absolute Gasteiger partial charge is 0.0462 e. The molecule has 0 amide bonds. The van der Waals surface area contributed by atoms with E-state index in [0.29, 0.717) is 0 Å². The average Bonchev–Trinajstić information content (AvgIpc) is 3.83. The summed E-state index contributed by atoms with van der Waals surface area (Å²) >= 11 is 0. The number of nitrogens with zero attached hydrogens (tertiary/aromatic N) is 1. The van der Waals surface area contributed by atoms with Crippen molar-refractivity contribution >= 4 is 17.1 Å². The highest BCUT2D eigenvalue weighted by atomic mass is 15.1. The van der Waals surface area contributed by atoms with Gasteiger partial charge in [-0.1, -0.05) is 123 Å². The van der Waals surface area contributed by atoms with Crippen LogP contribution in [0.4, 0.5) is 17.1 Å². The third-order valence-corrected chi connectivity index (χ3v) is 11.6. The molecule has 1 heteroatoms. The molecular formula is C46H41N. The summed E-state index contributed by atoms with van der Waals surface area (Å²) in [6, 6.07) is 54.3. The van der Waals surface area contributed by atoms with Gasteiger partial charge < -0.3 is 4.90 Å². The summed E-state index contributed by atoms with van der Waals surface area (Å²) in [6.45, 7) is 4.69. The molecule has 3 aliphatic rings. The molecule has 0 radical (unpaired) electrons.